The summed E-state index contributed by atoms with van der Waals surface area (Å²) in [5.74, 6) is 0.180. The van der Waals surface area contributed by atoms with E-state index in [-0.39, 0.29) is 18.8 Å². The van der Waals surface area contributed by atoms with E-state index in [9.17, 15) is 4.79 Å². The molecule has 2 atom stereocenters. The number of hydrogen-bond acceptors (Lipinski definition) is 6. The lowest BCUT2D eigenvalue weighted by molar-refractivity contribution is -0.119. The van der Waals surface area contributed by atoms with Crippen LogP contribution in [0.4, 0.5) is 0 Å². The number of hydrogen-bond donors (Lipinski definition) is 1. The number of piperidine rings is 1. The van der Waals surface area contributed by atoms with Crippen LogP contribution in [0, 0.1) is 0 Å². The molecule has 2 N–H and O–H groups in total. The van der Waals surface area contributed by atoms with Gasteiger partial charge in [-0.15, -0.1) is 5.10 Å². The topological polar surface area (TPSA) is 95.5 Å². The average Bonchev–Trinajstić information content (AvgIpc) is 3.09. The first-order valence-corrected chi connectivity index (χ1v) is 8.42. The quantitative estimate of drug-likeness (QED) is 0.849. The number of rotatable bonds is 5. The van der Waals surface area contributed by atoms with Crippen molar-refractivity contribution < 1.29 is 14.3 Å². The lowest BCUT2D eigenvalue weighted by atomic mass is 10.00. The molecule has 1 saturated heterocycles. The smallest absolute Gasteiger partial charge is 0.255 e. The van der Waals surface area contributed by atoms with Crippen LogP contribution in [0.2, 0.25) is 0 Å². The Labute approximate surface area is 145 Å². The summed E-state index contributed by atoms with van der Waals surface area (Å²) < 4.78 is 13.3. The van der Waals surface area contributed by atoms with Gasteiger partial charge in [-0.2, -0.15) is 0 Å². The summed E-state index contributed by atoms with van der Waals surface area (Å²) in [5.41, 5.74) is 7.29. The van der Waals surface area contributed by atoms with Crippen LogP contribution in [0.1, 0.15) is 23.7 Å². The third-order valence-electron chi connectivity index (χ3n) is 4.70. The Balaban J connectivity index is 1.42. The highest BCUT2D eigenvalue weighted by Crippen LogP contribution is 2.30. The zero-order valence-electron chi connectivity index (χ0n) is 13.9. The van der Waals surface area contributed by atoms with Gasteiger partial charge < -0.3 is 15.2 Å². The monoisotopic (exact) mass is 343 g/mol. The Bertz CT molecular complexity index is 762. The third kappa shape index (κ3) is 3.49. The zero-order chi connectivity index (χ0) is 17.2. The number of likely N-dealkylation sites (tertiary alicyclic amines) is 1. The number of carbonyl (C=O) groups excluding carboxylic acids is 1. The maximum Gasteiger partial charge on any atom is 0.255 e. The van der Waals surface area contributed by atoms with Crippen molar-refractivity contribution in [2.75, 3.05) is 19.7 Å². The van der Waals surface area contributed by atoms with Crippen LogP contribution in [-0.2, 0) is 22.7 Å². The van der Waals surface area contributed by atoms with E-state index in [0.29, 0.717) is 12.4 Å². The predicted octanol–water partition coefficient (Wildman–Crippen LogP) is 0.488. The zero-order valence-corrected chi connectivity index (χ0v) is 13.9. The molecule has 1 fully saturated rings. The van der Waals surface area contributed by atoms with Gasteiger partial charge >= 0.3 is 0 Å². The molecule has 1 amide bonds. The Morgan fingerprint density at radius 1 is 1.44 bits per heavy atom. The fourth-order valence-electron chi connectivity index (χ4n) is 3.53. The van der Waals surface area contributed by atoms with Gasteiger partial charge in [-0.05, 0) is 24.1 Å². The fourth-order valence-corrected chi connectivity index (χ4v) is 3.53. The molecule has 0 radical (unpaired) electrons. The van der Waals surface area contributed by atoms with Crippen molar-refractivity contribution in [1.29, 1.82) is 0 Å². The van der Waals surface area contributed by atoms with Crippen LogP contribution >= 0.6 is 0 Å². The Morgan fingerprint density at radius 3 is 3.24 bits per heavy atom. The number of primary amides is 1. The van der Waals surface area contributed by atoms with Gasteiger partial charge in [-0.1, -0.05) is 17.3 Å². The van der Waals surface area contributed by atoms with Crippen molar-refractivity contribution in [3.63, 3.8) is 0 Å². The number of nitrogens with two attached hydrogens (primary N) is 1. The van der Waals surface area contributed by atoms with E-state index in [1.165, 1.54) is 0 Å². The second-order valence-electron chi connectivity index (χ2n) is 6.51. The molecule has 0 aliphatic carbocycles. The summed E-state index contributed by atoms with van der Waals surface area (Å²) in [5, 5.41) is 8.24. The van der Waals surface area contributed by atoms with Crippen LogP contribution in [-0.4, -0.2) is 51.6 Å². The van der Waals surface area contributed by atoms with Crippen LogP contribution in [0.25, 0.3) is 0 Å². The van der Waals surface area contributed by atoms with Crippen LogP contribution in [0.3, 0.4) is 0 Å². The number of ether oxygens (including phenoxy) is 2. The van der Waals surface area contributed by atoms with Gasteiger partial charge in [0.05, 0.1) is 30.6 Å². The molecule has 1 aromatic carbocycles. The molecule has 2 aromatic rings. The summed E-state index contributed by atoms with van der Waals surface area (Å²) in [6, 6.07) is 7.97. The summed E-state index contributed by atoms with van der Waals surface area (Å²) in [6.07, 6.45) is 2.95. The highest BCUT2D eigenvalue weighted by Gasteiger charge is 2.36. The van der Waals surface area contributed by atoms with Crippen molar-refractivity contribution in [3.05, 3.63) is 41.7 Å². The minimum atomic E-state index is -0.478. The van der Waals surface area contributed by atoms with Crippen LogP contribution < -0.4 is 10.5 Å². The SMILES string of the molecule is NC(=O)COc1cccc(CN2CC[C@H]3OCc4cnnn4[C@@H]3C2)c1. The molecule has 8 nitrogen and oxygen atoms in total. The number of aromatic nitrogens is 3. The molecule has 0 spiro atoms. The number of benzene rings is 1. The summed E-state index contributed by atoms with van der Waals surface area (Å²) in [7, 11) is 0. The molecule has 2 aliphatic heterocycles. The molecule has 25 heavy (non-hydrogen) atoms. The Hall–Kier alpha value is -2.45. The molecular formula is C17H21N5O3. The van der Waals surface area contributed by atoms with Crippen molar-refractivity contribution in [3.8, 4) is 5.75 Å². The highest BCUT2D eigenvalue weighted by atomic mass is 16.5. The Morgan fingerprint density at radius 2 is 2.36 bits per heavy atom. The van der Waals surface area contributed by atoms with E-state index in [2.05, 4.69) is 21.3 Å². The summed E-state index contributed by atoms with van der Waals surface area (Å²) in [4.78, 5) is 13.2. The summed E-state index contributed by atoms with van der Waals surface area (Å²) in [6.45, 7) is 3.13. The second-order valence-corrected chi connectivity index (χ2v) is 6.51. The first-order chi connectivity index (χ1) is 12.2. The van der Waals surface area contributed by atoms with Gasteiger partial charge in [-0.25, -0.2) is 4.68 Å². The number of amides is 1. The van der Waals surface area contributed by atoms with Gasteiger partial charge in [0.15, 0.2) is 6.61 Å². The largest absolute Gasteiger partial charge is 0.484 e. The van der Waals surface area contributed by atoms with E-state index in [1.807, 2.05) is 22.9 Å². The molecule has 3 heterocycles. The molecule has 4 rings (SSSR count). The van der Waals surface area contributed by atoms with Gasteiger partial charge in [-0.3, -0.25) is 9.69 Å². The van der Waals surface area contributed by atoms with Gasteiger partial charge in [0, 0.05) is 19.6 Å². The normalized spacial score (nSPS) is 22.9. The molecule has 0 unspecified atom stereocenters. The molecule has 132 valence electrons. The van der Waals surface area contributed by atoms with Crippen molar-refractivity contribution in [2.45, 2.75) is 31.7 Å². The minimum Gasteiger partial charge on any atom is -0.484 e. The number of carbonyl (C=O) groups is 1. The minimum absolute atomic E-state index is 0.108. The third-order valence-corrected chi connectivity index (χ3v) is 4.70. The Kier molecular flexibility index (Phi) is 4.37. The van der Waals surface area contributed by atoms with E-state index in [4.69, 9.17) is 15.2 Å². The maximum absolute atomic E-state index is 10.9. The van der Waals surface area contributed by atoms with E-state index < -0.39 is 5.91 Å². The molecule has 8 heteroatoms. The van der Waals surface area contributed by atoms with Gasteiger partial charge in [0.1, 0.15) is 5.75 Å². The number of fused-ring (bicyclic) bond motifs is 3. The average molecular weight is 343 g/mol. The van der Waals surface area contributed by atoms with Crippen LogP contribution in [0.5, 0.6) is 5.75 Å². The van der Waals surface area contributed by atoms with Gasteiger partial charge in [0.2, 0.25) is 0 Å². The van der Waals surface area contributed by atoms with Crippen molar-refractivity contribution >= 4 is 5.91 Å². The fraction of sp³-hybridized carbons (Fsp3) is 0.471. The summed E-state index contributed by atoms with van der Waals surface area (Å²) >= 11 is 0. The first kappa shape index (κ1) is 16.0. The molecule has 2 aliphatic rings. The van der Waals surface area contributed by atoms with E-state index in [0.717, 1.165) is 37.3 Å². The first-order valence-electron chi connectivity index (χ1n) is 8.42. The lowest BCUT2D eigenvalue weighted by Crippen LogP contribution is -2.47. The predicted molar refractivity (Wildman–Crippen MR) is 88.7 cm³/mol. The van der Waals surface area contributed by atoms with Gasteiger partial charge in [0.25, 0.3) is 5.91 Å². The standard InChI is InChI=1S/C17H21N5O3/c18-17(23)11-24-14-3-1-2-12(6-14)8-21-5-4-16-15(9-21)22-13(10-25-16)7-19-20-22/h1-3,6-7,15-16H,4-5,8-11H2,(H2,18,23)/t15-,16-/m1/s1. The highest BCUT2D eigenvalue weighted by molar-refractivity contribution is 5.75. The molecule has 0 saturated carbocycles. The molecule has 1 aromatic heterocycles. The van der Waals surface area contributed by atoms with Crippen molar-refractivity contribution in [1.82, 2.24) is 19.9 Å². The number of nitrogens with zero attached hydrogens (tertiary/aromatic N) is 4. The van der Waals surface area contributed by atoms with E-state index >= 15 is 0 Å². The maximum atomic E-state index is 10.9. The molecular weight excluding hydrogens is 322 g/mol. The second kappa shape index (κ2) is 6.81. The van der Waals surface area contributed by atoms with Crippen molar-refractivity contribution in [2.24, 2.45) is 5.73 Å². The van der Waals surface area contributed by atoms with E-state index in [1.54, 1.807) is 6.20 Å². The lowest BCUT2D eigenvalue weighted by Gasteiger charge is -2.41. The van der Waals surface area contributed by atoms with Crippen LogP contribution in [0.15, 0.2) is 30.5 Å². The molecule has 0 bridgehead atoms.